The molecule has 2 aromatic carbocycles. The lowest BCUT2D eigenvalue weighted by Gasteiger charge is -2.36. The number of anilines is 1. The first-order valence-corrected chi connectivity index (χ1v) is 12.5. The third-order valence-corrected chi connectivity index (χ3v) is 6.23. The Kier molecular flexibility index (Phi) is 8.56. The molecular formula is C28H34N6O3. The van der Waals surface area contributed by atoms with Crippen molar-refractivity contribution >= 4 is 17.8 Å². The van der Waals surface area contributed by atoms with Crippen molar-refractivity contribution in [2.45, 2.75) is 26.4 Å². The number of carbonyl (C=O) groups excluding carboxylic acids is 2. The lowest BCUT2D eigenvalue weighted by Crippen LogP contribution is -2.53. The molecular weight excluding hydrogens is 468 g/mol. The Morgan fingerprint density at radius 3 is 2.24 bits per heavy atom. The van der Waals surface area contributed by atoms with Crippen LogP contribution in [-0.2, 0) is 11.3 Å². The van der Waals surface area contributed by atoms with Gasteiger partial charge in [0.2, 0.25) is 5.91 Å². The molecule has 1 aromatic heterocycles. The Bertz CT molecular complexity index is 1160. The van der Waals surface area contributed by atoms with Gasteiger partial charge >= 0.3 is 6.03 Å². The first kappa shape index (κ1) is 25.9. The molecule has 1 saturated heterocycles. The summed E-state index contributed by atoms with van der Waals surface area (Å²) in [6, 6.07) is 21.1. The minimum atomic E-state index is -0.238. The summed E-state index contributed by atoms with van der Waals surface area (Å²) in [6.45, 7) is 6.65. The summed E-state index contributed by atoms with van der Waals surface area (Å²) >= 11 is 0. The number of benzene rings is 2. The van der Waals surface area contributed by atoms with Crippen molar-refractivity contribution in [1.82, 2.24) is 25.3 Å². The van der Waals surface area contributed by atoms with Gasteiger partial charge in [-0.05, 0) is 55.8 Å². The smallest absolute Gasteiger partial charge is 0.318 e. The van der Waals surface area contributed by atoms with Crippen LogP contribution < -0.4 is 15.0 Å². The van der Waals surface area contributed by atoms with Gasteiger partial charge in [-0.2, -0.15) is 0 Å². The van der Waals surface area contributed by atoms with Crippen molar-refractivity contribution in [3.05, 3.63) is 72.3 Å². The monoisotopic (exact) mass is 502 g/mol. The second-order valence-corrected chi connectivity index (χ2v) is 9.32. The minimum Gasteiger partial charge on any atom is -0.497 e. The molecule has 0 radical (unpaired) electrons. The number of amides is 3. The van der Waals surface area contributed by atoms with Crippen molar-refractivity contribution in [2.24, 2.45) is 0 Å². The number of hydrogen-bond acceptors (Lipinski definition) is 6. The van der Waals surface area contributed by atoms with E-state index in [1.54, 1.807) is 12.0 Å². The van der Waals surface area contributed by atoms with Crippen LogP contribution in [0.5, 0.6) is 5.75 Å². The average Bonchev–Trinajstić information content (AvgIpc) is 2.93. The minimum absolute atomic E-state index is 0.0124. The SMILES string of the molecule is COc1ccc(-c2ccc(N3CCN(C(=O)CN(Cc4ccccc4)C(=O)NC(C)C)CC3)nn2)cc1. The van der Waals surface area contributed by atoms with Crippen LogP contribution in [-0.4, -0.2) is 77.8 Å². The van der Waals surface area contributed by atoms with Crippen molar-refractivity contribution < 1.29 is 14.3 Å². The van der Waals surface area contributed by atoms with Gasteiger partial charge in [-0.25, -0.2) is 4.79 Å². The molecule has 9 nitrogen and oxygen atoms in total. The maximum absolute atomic E-state index is 13.1. The fraction of sp³-hybridized carbons (Fsp3) is 0.357. The highest BCUT2D eigenvalue weighted by atomic mass is 16.5. The van der Waals surface area contributed by atoms with Crippen LogP contribution in [0.1, 0.15) is 19.4 Å². The van der Waals surface area contributed by atoms with Gasteiger partial charge in [0.25, 0.3) is 0 Å². The quantitative estimate of drug-likeness (QED) is 0.508. The van der Waals surface area contributed by atoms with Crippen LogP contribution in [0.4, 0.5) is 10.6 Å². The number of rotatable bonds is 8. The molecule has 9 heteroatoms. The molecule has 37 heavy (non-hydrogen) atoms. The number of hydrogen-bond donors (Lipinski definition) is 1. The summed E-state index contributed by atoms with van der Waals surface area (Å²) in [4.78, 5) is 31.4. The van der Waals surface area contributed by atoms with E-state index in [4.69, 9.17) is 4.74 Å². The fourth-order valence-corrected chi connectivity index (χ4v) is 4.20. The molecule has 0 saturated carbocycles. The molecule has 0 unspecified atom stereocenters. The number of carbonyl (C=O) groups is 2. The molecule has 0 aliphatic carbocycles. The molecule has 194 valence electrons. The maximum Gasteiger partial charge on any atom is 0.318 e. The van der Waals surface area contributed by atoms with E-state index in [1.807, 2.05) is 85.5 Å². The number of nitrogens with zero attached hydrogens (tertiary/aromatic N) is 5. The third-order valence-electron chi connectivity index (χ3n) is 6.23. The Morgan fingerprint density at radius 1 is 0.946 bits per heavy atom. The molecule has 3 aromatic rings. The number of methoxy groups -OCH3 is 1. The number of urea groups is 1. The van der Waals surface area contributed by atoms with Gasteiger partial charge in [-0.3, -0.25) is 4.79 Å². The van der Waals surface area contributed by atoms with Gasteiger partial charge in [-0.15, -0.1) is 10.2 Å². The molecule has 0 bridgehead atoms. The lowest BCUT2D eigenvalue weighted by atomic mass is 10.1. The highest BCUT2D eigenvalue weighted by Gasteiger charge is 2.26. The highest BCUT2D eigenvalue weighted by Crippen LogP contribution is 2.22. The van der Waals surface area contributed by atoms with Crippen molar-refractivity contribution in [2.75, 3.05) is 44.7 Å². The van der Waals surface area contributed by atoms with E-state index in [1.165, 1.54) is 0 Å². The molecule has 1 N–H and O–H groups in total. The lowest BCUT2D eigenvalue weighted by molar-refractivity contribution is -0.132. The molecule has 1 fully saturated rings. The second-order valence-electron chi connectivity index (χ2n) is 9.32. The normalized spacial score (nSPS) is 13.4. The molecule has 1 aliphatic rings. The number of piperazine rings is 1. The summed E-state index contributed by atoms with van der Waals surface area (Å²) in [7, 11) is 1.64. The van der Waals surface area contributed by atoms with Gasteiger partial charge in [0, 0.05) is 44.3 Å². The van der Waals surface area contributed by atoms with Crippen LogP contribution >= 0.6 is 0 Å². The number of aromatic nitrogens is 2. The van der Waals surface area contributed by atoms with E-state index in [2.05, 4.69) is 20.4 Å². The molecule has 4 rings (SSSR count). The predicted molar refractivity (Wildman–Crippen MR) is 143 cm³/mol. The summed E-state index contributed by atoms with van der Waals surface area (Å²) in [5, 5.41) is 11.7. The summed E-state index contributed by atoms with van der Waals surface area (Å²) in [5.41, 5.74) is 2.74. The summed E-state index contributed by atoms with van der Waals surface area (Å²) < 4.78 is 5.21. The van der Waals surface area contributed by atoms with E-state index >= 15 is 0 Å². The zero-order valence-corrected chi connectivity index (χ0v) is 21.6. The number of nitrogens with one attached hydrogen (secondary N) is 1. The van der Waals surface area contributed by atoms with E-state index < -0.39 is 0 Å². The molecule has 2 heterocycles. The molecule has 0 atom stereocenters. The highest BCUT2D eigenvalue weighted by molar-refractivity contribution is 5.84. The van der Waals surface area contributed by atoms with Crippen LogP contribution in [0.3, 0.4) is 0 Å². The first-order valence-electron chi connectivity index (χ1n) is 12.5. The third kappa shape index (κ3) is 6.97. The van der Waals surface area contributed by atoms with E-state index in [-0.39, 0.29) is 24.5 Å². The molecule has 0 spiro atoms. The average molecular weight is 503 g/mol. The second kappa shape index (κ2) is 12.2. The van der Waals surface area contributed by atoms with Gasteiger partial charge in [-0.1, -0.05) is 30.3 Å². The van der Waals surface area contributed by atoms with Gasteiger partial charge < -0.3 is 24.8 Å². The maximum atomic E-state index is 13.1. The van der Waals surface area contributed by atoms with E-state index in [0.717, 1.165) is 28.4 Å². The topological polar surface area (TPSA) is 90.9 Å². The standard InChI is InChI=1S/C28H34N6O3/c1-21(2)29-28(36)34(19-22-7-5-4-6-8-22)20-27(35)33-17-15-32(16-18-33)26-14-13-25(30-31-26)23-9-11-24(37-3)12-10-23/h4-14,21H,15-20H2,1-3H3,(H,29,36). The van der Waals surface area contributed by atoms with Gasteiger partial charge in [0.15, 0.2) is 5.82 Å². The van der Waals surface area contributed by atoms with Crippen LogP contribution in [0.2, 0.25) is 0 Å². The van der Waals surface area contributed by atoms with Crippen LogP contribution in [0.15, 0.2) is 66.7 Å². The van der Waals surface area contributed by atoms with Gasteiger partial charge in [0.1, 0.15) is 12.3 Å². The first-order chi connectivity index (χ1) is 17.9. The summed E-state index contributed by atoms with van der Waals surface area (Å²) in [6.07, 6.45) is 0. The fourth-order valence-electron chi connectivity index (χ4n) is 4.20. The Balaban J connectivity index is 1.33. The Labute approximate surface area is 218 Å². The van der Waals surface area contributed by atoms with Crippen LogP contribution in [0.25, 0.3) is 11.3 Å². The zero-order chi connectivity index (χ0) is 26.2. The number of ether oxygens (including phenoxy) is 1. The zero-order valence-electron chi connectivity index (χ0n) is 21.6. The van der Waals surface area contributed by atoms with Crippen molar-refractivity contribution in [1.29, 1.82) is 0 Å². The van der Waals surface area contributed by atoms with E-state index in [9.17, 15) is 9.59 Å². The van der Waals surface area contributed by atoms with Crippen molar-refractivity contribution in [3.8, 4) is 17.0 Å². The Hall–Kier alpha value is -4.14. The molecule has 3 amide bonds. The summed E-state index contributed by atoms with van der Waals surface area (Å²) in [5.74, 6) is 1.52. The van der Waals surface area contributed by atoms with Crippen molar-refractivity contribution in [3.63, 3.8) is 0 Å². The largest absolute Gasteiger partial charge is 0.497 e. The van der Waals surface area contributed by atoms with E-state index in [0.29, 0.717) is 32.7 Å². The van der Waals surface area contributed by atoms with Gasteiger partial charge in [0.05, 0.1) is 12.8 Å². The van der Waals surface area contributed by atoms with Crippen LogP contribution in [0, 0.1) is 0 Å². The predicted octanol–water partition coefficient (Wildman–Crippen LogP) is 3.42. The Morgan fingerprint density at radius 2 is 1.65 bits per heavy atom. The molecule has 1 aliphatic heterocycles.